The van der Waals surface area contributed by atoms with Gasteiger partial charge in [0.05, 0.1) is 13.5 Å². The van der Waals surface area contributed by atoms with E-state index in [2.05, 4.69) is 4.74 Å². The van der Waals surface area contributed by atoms with E-state index in [4.69, 9.17) is 5.11 Å². The predicted octanol–water partition coefficient (Wildman–Crippen LogP) is -1.34. The van der Waals surface area contributed by atoms with Gasteiger partial charge in [-0.15, -0.1) is 0 Å². The van der Waals surface area contributed by atoms with Crippen LogP contribution in [0, 0.1) is 0 Å². The van der Waals surface area contributed by atoms with Crippen LogP contribution in [-0.2, 0) is 51.8 Å². The molecule has 0 rings (SSSR count). The molecule has 0 bridgehead atoms. The summed E-state index contributed by atoms with van der Waals surface area (Å²) < 4.78 is 4.21. The first kappa shape index (κ1) is 15.0. The third-order valence-corrected chi connectivity index (χ3v) is 1.13. The van der Waals surface area contributed by atoms with E-state index in [1.165, 1.54) is 6.41 Å². The summed E-state index contributed by atoms with van der Waals surface area (Å²) in [5.74, 6) is -2.01. The number of carboxylic acids is 1. The molecule has 0 aromatic carbocycles. The summed E-state index contributed by atoms with van der Waals surface area (Å²) in [6.07, 6.45) is 0.788. The minimum atomic E-state index is -1.30. The Labute approximate surface area is 99.9 Å². The molecule has 0 heterocycles. The summed E-state index contributed by atoms with van der Waals surface area (Å²) in [6, 6.07) is -1.27. The van der Waals surface area contributed by atoms with Crippen LogP contribution < -0.4 is 5.32 Å². The number of esters is 1. The molecule has 0 saturated heterocycles. The van der Waals surface area contributed by atoms with Gasteiger partial charge in [-0.05, 0) is 0 Å². The number of nitrogens with one attached hydrogen (secondary N) is 1. The number of carbonyl (C=O) groups excluding carboxylic acids is 2. The minimum Gasteiger partial charge on any atom is -0.520 e. The maximum Gasteiger partial charge on any atom is 0.324 e. The summed E-state index contributed by atoms with van der Waals surface area (Å²) in [5.41, 5.74) is 0. The third kappa shape index (κ3) is 6.66. The van der Waals surface area contributed by atoms with E-state index in [9.17, 15) is 14.4 Å². The standard InChI is InChI=1S/C6H8NO5.Y/c1-12-5(9)2-4(6(10)11)7-3-8;/h4H,2H2,1H3,(H,7,8)(H,10,11);/q-1;/t4-;/m0./s1. The van der Waals surface area contributed by atoms with E-state index in [0.29, 0.717) is 0 Å². The first-order valence-electron chi connectivity index (χ1n) is 3.04. The average molecular weight is 263 g/mol. The van der Waals surface area contributed by atoms with Gasteiger partial charge in [0, 0.05) is 32.7 Å². The number of hydrogen-bond donors (Lipinski definition) is 2. The van der Waals surface area contributed by atoms with Crippen LogP contribution in [0.1, 0.15) is 6.42 Å². The van der Waals surface area contributed by atoms with Gasteiger partial charge in [-0.1, -0.05) is 0 Å². The Balaban J connectivity index is 0. The second kappa shape index (κ2) is 8.13. The van der Waals surface area contributed by atoms with E-state index in [1.54, 1.807) is 0 Å². The number of methoxy groups -OCH3 is 1. The molecule has 0 spiro atoms. The molecule has 0 aromatic heterocycles. The number of aliphatic carboxylic acids is 1. The Morgan fingerprint density at radius 2 is 2.15 bits per heavy atom. The molecule has 0 aliphatic heterocycles. The van der Waals surface area contributed by atoms with Gasteiger partial charge in [-0.25, -0.2) is 0 Å². The van der Waals surface area contributed by atoms with E-state index < -0.39 is 24.4 Å². The molecule has 0 aliphatic rings. The van der Waals surface area contributed by atoms with Crippen LogP contribution >= 0.6 is 0 Å². The van der Waals surface area contributed by atoms with Crippen LogP contribution in [0.4, 0.5) is 0 Å². The van der Waals surface area contributed by atoms with Gasteiger partial charge in [0.25, 0.3) is 0 Å². The van der Waals surface area contributed by atoms with Crippen molar-refractivity contribution in [2.24, 2.45) is 0 Å². The van der Waals surface area contributed by atoms with Gasteiger partial charge in [0.2, 0.25) is 0 Å². The monoisotopic (exact) mass is 263 g/mol. The second-order valence-electron chi connectivity index (χ2n) is 1.92. The summed E-state index contributed by atoms with van der Waals surface area (Å²) in [6.45, 7) is 0. The van der Waals surface area contributed by atoms with E-state index >= 15 is 0 Å². The van der Waals surface area contributed by atoms with Gasteiger partial charge in [-0.2, -0.15) is 6.41 Å². The van der Waals surface area contributed by atoms with Crippen LogP contribution in [0.25, 0.3) is 0 Å². The quantitative estimate of drug-likeness (QED) is 0.363. The molecular formula is C6H8NO5Y-. The van der Waals surface area contributed by atoms with Gasteiger partial charge in [0.1, 0.15) is 6.04 Å². The van der Waals surface area contributed by atoms with Crippen molar-refractivity contribution in [3.8, 4) is 0 Å². The zero-order chi connectivity index (χ0) is 9.56. The summed E-state index contributed by atoms with van der Waals surface area (Å²) in [5, 5.41) is 10.2. The van der Waals surface area contributed by atoms with Crippen LogP contribution in [0.3, 0.4) is 0 Å². The Bertz CT molecular complexity index is 195. The molecule has 1 atom stereocenters. The van der Waals surface area contributed by atoms with Crippen molar-refractivity contribution >= 4 is 18.3 Å². The minimum absolute atomic E-state index is 0. The van der Waals surface area contributed by atoms with Gasteiger partial charge in [-0.3, -0.25) is 9.59 Å². The zero-order valence-corrected chi connectivity index (χ0v) is 9.78. The Kier molecular flexibility index (Phi) is 9.38. The smallest absolute Gasteiger partial charge is 0.324 e. The summed E-state index contributed by atoms with van der Waals surface area (Å²) in [4.78, 5) is 30.6. The van der Waals surface area contributed by atoms with Crippen molar-refractivity contribution in [3.63, 3.8) is 0 Å². The maximum absolute atomic E-state index is 10.5. The molecule has 6 nitrogen and oxygen atoms in total. The topological polar surface area (TPSA) is 92.7 Å². The number of carboxylic acid groups (broad SMARTS) is 1. The van der Waals surface area contributed by atoms with E-state index in [-0.39, 0.29) is 32.7 Å². The molecule has 71 valence electrons. The third-order valence-electron chi connectivity index (χ3n) is 1.13. The molecule has 0 aromatic rings. The van der Waals surface area contributed by atoms with Crippen molar-refractivity contribution in [3.05, 3.63) is 0 Å². The Morgan fingerprint density at radius 1 is 1.62 bits per heavy atom. The first-order chi connectivity index (χ1) is 5.61. The fourth-order valence-corrected chi connectivity index (χ4v) is 0.521. The van der Waals surface area contributed by atoms with E-state index in [0.717, 1.165) is 7.11 Å². The van der Waals surface area contributed by atoms with Crippen LogP contribution in [-0.4, -0.2) is 36.6 Å². The molecule has 2 N–H and O–H groups in total. The SMILES string of the molecule is COC(=O)C[C@H](N[C-]=O)C(=O)O.[Y]. The van der Waals surface area contributed by atoms with Crippen molar-refractivity contribution in [2.45, 2.75) is 12.5 Å². The number of rotatable bonds is 5. The molecule has 0 unspecified atom stereocenters. The summed E-state index contributed by atoms with van der Waals surface area (Å²) in [7, 11) is 1.13. The largest absolute Gasteiger partial charge is 0.520 e. The average Bonchev–Trinajstić information content (AvgIpc) is 2.03. The number of hydrogen-bond acceptors (Lipinski definition) is 4. The zero-order valence-electron chi connectivity index (χ0n) is 6.94. The Hall–Kier alpha value is -0.486. The van der Waals surface area contributed by atoms with E-state index in [1.807, 2.05) is 5.32 Å². The summed E-state index contributed by atoms with van der Waals surface area (Å²) >= 11 is 0. The normalized spacial score (nSPS) is 10.5. The fraction of sp³-hybridized carbons (Fsp3) is 0.500. The van der Waals surface area contributed by atoms with Crippen LogP contribution in [0.5, 0.6) is 0 Å². The predicted molar refractivity (Wildman–Crippen MR) is 36.9 cm³/mol. The second-order valence-corrected chi connectivity index (χ2v) is 1.92. The van der Waals surface area contributed by atoms with Crippen molar-refractivity contribution in [1.29, 1.82) is 0 Å². The Morgan fingerprint density at radius 3 is 2.46 bits per heavy atom. The molecular weight excluding hydrogens is 255 g/mol. The fourth-order valence-electron chi connectivity index (χ4n) is 0.521. The molecule has 0 aliphatic carbocycles. The van der Waals surface area contributed by atoms with Crippen LogP contribution in [0.2, 0.25) is 0 Å². The number of amides is 1. The van der Waals surface area contributed by atoms with Gasteiger partial charge < -0.3 is 20.0 Å². The molecule has 13 heavy (non-hydrogen) atoms. The molecule has 7 heteroatoms. The first-order valence-corrected chi connectivity index (χ1v) is 3.04. The number of ether oxygens (including phenoxy) is 1. The van der Waals surface area contributed by atoms with Gasteiger partial charge >= 0.3 is 11.9 Å². The van der Waals surface area contributed by atoms with Crippen molar-refractivity contribution in [2.75, 3.05) is 7.11 Å². The maximum atomic E-state index is 10.5. The van der Waals surface area contributed by atoms with Crippen molar-refractivity contribution < 1.29 is 56.9 Å². The van der Waals surface area contributed by atoms with Gasteiger partial charge in [0.15, 0.2) is 0 Å². The van der Waals surface area contributed by atoms with Crippen molar-refractivity contribution in [1.82, 2.24) is 5.32 Å². The van der Waals surface area contributed by atoms with Crippen LogP contribution in [0.15, 0.2) is 0 Å². The molecule has 1 radical (unpaired) electrons. The molecule has 1 amide bonds. The number of carbonyl (C=O) groups is 2. The molecule has 0 fully saturated rings. The molecule has 0 saturated carbocycles.